The summed E-state index contributed by atoms with van der Waals surface area (Å²) in [5.74, 6) is 0.0174. The minimum absolute atomic E-state index is 0.239. The summed E-state index contributed by atoms with van der Waals surface area (Å²) in [6.45, 7) is 0.520. The largest absolute Gasteiger partial charge is 0.381 e. The molecule has 0 aliphatic carbocycles. The number of unbranched alkanes of at least 4 members (excludes halogenated alkanes) is 1. The van der Waals surface area contributed by atoms with Crippen molar-refractivity contribution < 1.29 is 13.0 Å². The van der Waals surface area contributed by atoms with Gasteiger partial charge in [0, 0.05) is 12.7 Å². The van der Waals surface area contributed by atoms with Crippen LogP contribution in [0.15, 0.2) is 6.20 Å². The van der Waals surface area contributed by atoms with Gasteiger partial charge in [0.25, 0.3) is 10.1 Å². The first-order valence-corrected chi connectivity index (χ1v) is 6.31. The van der Waals surface area contributed by atoms with Crippen LogP contribution in [0.25, 0.3) is 0 Å². The molecule has 0 atom stereocenters. The molecule has 0 aliphatic rings. The third-order valence-electron chi connectivity index (χ3n) is 1.78. The minimum atomic E-state index is -3.86. The Kier molecular flexibility index (Phi) is 3.95. The molecular formula is C7H12ClN3O3S. The first kappa shape index (κ1) is 12.3. The zero-order chi connectivity index (χ0) is 11.5. The number of nitrogens with zero attached hydrogens (tertiary/aromatic N) is 2. The molecule has 1 rings (SSSR count). The summed E-state index contributed by atoms with van der Waals surface area (Å²) in [5, 5.41) is 4.27. The van der Waals surface area contributed by atoms with Crippen LogP contribution in [0.5, 0.6) is 0 Å². The van der Waals surface area contributed by atoms with Crippen LogP contribution >= 0.6 is 11.6 Å². The number of hydrogen-bond donors (Lipinski definition) is 2. The van der Waals surface area contributed by atoms with Crippen molar-refractivity contribution in [1.82, 2.24) is 9.78 Å². The average molecular weight is 254 g/mol. The fraction of sp³-hybridized carbons (Fsp3) is 0.571. The predicted molar refractivity (Wildman–Crippen MR) is 57.3 cm³/mol. The summed E-state index contributed by atoms with van der Waals surface area (Å²) >= 11 is 5.67. The second-order valence-corrected chi connectivity index (χ2v) is 5.10. The topological polar surface area (TPSA) is 98.2 Å². The maximum atomic E-state index is 10.4. The van der Waals surface area contributed by atoms with E-state index in [1.807, 2.05) is 0 Å². The number of aryl methyl sites for hydroxylation is 1. The van der Waals surface area contributed by atoms with E-state index in [1.165, 1.54) is 0 Å². The number of nitrogens with two attached hydrogens (primary N) is 1. The highest BCUT2D eigenvalue weighted by molar-refractivity contribution is 7.85. The molecule has 0 unspecified atom stereocenters. The predicted octanol–water partition coefficient (Wildman–Crippen LogP) is 0.787. The van der Waals surface area contributed by atoms with E-state index in [2.05, 4.69) is 5.10 Å². The van der Waals surface area contributed by atoms with Gasteiger partial charge in [-0.1, -0.05) is 11.6 Å². The molecule has 3 N–H and O–H groups in total. The Morgan fingerprint density at radius 1 is 1.53 bits per heavy atom. The lowest BCUT2D eigenvalue weighted by atomic mass is 10.3. The number of halogens is 1. The van der Waals surface area contributed by atoms with Crippen molar-refractivity contribution in [3.05, 3.63) is 11.2 Å². The molecule has 1 aromatic rings. The SMILES string of the molecule is Nc1nn(CCCCS(=O)(=O)O)cc1Cl. The van der Waals surface area contributed by atoms with Crippen molar-refractivity contribution in [2.24, 2.45) is 0 Å². The van der Waals surface area contributed by atoms with Crippen LogP contribution in [0, 0.1) is 0 Å². The quantitative estimate of drug-likeness (QED) is 0.597. The van der Waals surface area contributed by atoms with Crippen molar-refractivity contribution in [3.8, 4) is 0 Å². The zero-order valence-corrected chi connectivity index (χ0v) is 9.50. The third kappa shape index (κ3) is 4.50. The van der Waals surface area contributed by atoms with E-state index in [4.69, 9.17) is 21.9 Å². The van der Waals surface area contributed by atoms with E-state index in [0.29, 0.717) is 24.4 Å². The molecule has 0 aliphatic heterocycles. The standard InChI is InChI=1S/C7H12ClN3O3S/c8-6-5-11(10-7(6)9)3-1-2-4-15(12,13)14/h5H,1-4H2,(H2,9,10)(H,12,13,14). The number of hydrogen-bond acceptors (Lipinski definition) is 4. The van der Waals surface area contributed by atoms with Crippen LogP contribution in [0.2, 0.25) is 5.02 Å². The van der Waals surface area contributed by atoms with Gasteiger partial charge in [-0.05, 0) is 12.8 Å². The Morgan fingerprint density at radius 3 is 2.67 bits per heavy atom. The molecule has 0 amide bonds. The Bertz CT molecular complexity index is 409. The van der Waals surface area contributed by atoms with Gasteiger partial charge in [-0.3, -0.25) is 9.23 Å². The molecule has 1 aromatic heterocycles. The summed E-state index contributed by atoms with van der Waals surface area (Å²) in [5.41, 5.74) is 5.41. The smallest absolute Gasteiger partial charge is 0.264 e. The van der Waals surface area contributed by atoms with E-state index in [-0.39, 0.29) is 11.6 Å². The first-order chi connectivity index (χ1) is 6.88. The highest BCUT2D eigenvalue weighted by Crippen LogP contribution is 2.15. The van der Waals surface area contributed by atoms with Crippen LogP contribution in [0.1, 0.15) is 12.8 Å². The maximum Gasteiger partial charge on any atom is 0.264 e. The molecule has 15 heavy (non-hydrogen) atoms. The summed E-state index contributed by atoms with van der Waals surface area (Å²) < 4.78 is 30.8. The molecule has 86 valence electrons. The summed E-state index contributed by atoms with van der Waals surface area (Å²) in [7, 11) is -3.86. The number of nitrogen functional groups attached to an aromatic ring is 1. The van der Waals surface area contributed by atoms with E-state index >= 15 is 0 Å². The van der Waals surface area contributed by atoms with Gasteiger partial charge < -0.3 is 5.73 Å². The zero-order valence-electron chi connectivity index (χ0n) is 7.93. The van der Waals surface area contributed by atoms with Crippen molar-refractivity contribution in [2.75, 3.05) is 11.5 Å². The molecule has 0 spiro atoms. The van der Waals surface area contributed by atoms with Gasteiger partial charge in [-0.25, -0.2) is 0 Å². The van der Waals surface area contributed by atoms with Crippen molar-refractivity contribution >= 4 is 27.5 Å². The van der Waals surface area contributed by atoms with Crippen molar-refractivity contribution in [2.45, 2.75) is 19.4 Å². The maximum absolute atomic E-state index is 10.4. The highest BCUT2D eigenvalue weighted by Gasteiger charge is 2.05. The molecule has 8 heteroatoms. The van der Waals surface area contributed by atoms with Crippen LogP contribution < -0.4 is 5.73 Å². The van der Waals surface area contributed by atoms with Gasteiger partial charge in [0.05, 0.1) is 5.75 Å². The van der Waals surface area contributed by atoms with Crippen LogP contribution in [-0.4, -0.2) is 28.5 Å². The Hall–Kier alpha value is -0.790. The van der Waals surface area contributed by atoms with E-state index < -0.39 is 10.1 Å². The molecule has 1 heterocycles. The molecule has 0 aromatic carbocycles. The van der Waals surface area contributed by atoms with Crippen molar-refractivity contribution in [3.63, 3.8) is 0 Å². The third-order valence-corrected chi connectivity index (χ3v) is 2.88. The molecule has 0 bridgehead atoms. The van der Waals surface area contributed by atoms with Gasteiger partial charge in [0.2, 0.25) is 0 Å². The van der Waals surface area contributed by atoms with Gasteiger partial charge in [0.15, 0.2) is 5.82 Å². The monoisotopic (exact) mass is 253 g/mol. The number of rotatable bonds is 5. The average Bonchev–Trinajstić information content (AvgIpc) is 2.39. The second kappa shape index (κ2) is 4.82. The van der Waals surface area contributed by atoms with Gasteiger partial charge in [-0.15, -0.1) is 0 Å². The summed E-state index contributed by atoms with van der Waals surface area (Å²) in [4.78, 5) is 0. The molecule has 0 saturated carbocycles. The molecular weight excluding hydrogens is 242 g/mol. The van der Waals surface area contributed by atoms with Gasteiger partial charge in [0.1, 0.15) is 5.02 Å². The van der Waals surface area contributed by atoms with E-state index in [1.54, 1.807) is 10.9 Å². The summed E-state index contributed by atoms with van der Waals surface area (Å²) in [6.07, 6.45) is 2.53. The van der Waals surface area contributed by atoms with E-state index in [0.717, 1.165) is 0 Å². The highest BCUT2D eigenvalue weighted by atomic mass is 35.5. The van der Waals surface area contributed by atoms with Crippen molar-refractivity contribution in [1.29, 1.82) is 0 Å². The molecule has 0 radical (unpaired) electrons. The number of anilines is 1. The fourth-order valence-electron chi connectivity index (χ4n) is 1.08. The number of aromatic nitrogens is 2. The Morgan fingerprint density at radius 2 is 2.20 bits per heavy atom. The van der Waals surface area contributed by atoms with Crippen LogP contribution in [-0.2, 0) is 16.7 Å². The van der Waals surface area contributed by atoms with E-state index in [9.17, 15) is 8.42 Å². The normalized spacial score (nSPS) is 11.9. The Labute approximate surface area is 92.8 Å². The van der Waals surface area contributed by atoms with Gasteiger partial charge >= 0.3 is 0 Å². The van der Waals surface area contributed by atoms with Crippen LogP contribution in [0.3, 0.4) is 0 Å². The lowest BCUT2D eigenvalue weighted by molar-refractivity contribution is 0.476. The summed E-state index contributed by atoms with van der Waals surface area (Å²) in [6, 6.07) is 0. The molecule has 6 nitrogen and oxygen atoms in total. The fourth-order valence-corrected chi connectivity index (χ4v) is 1.80. The molecule has 0 fully saturated rings. The first-order valence-electron chi connectivity index (χ1n) is 4.32. The Balaban J connectivity index is 2.32. The minimum Gasteiger partial charge on any atom is -0.381 e. The van der Waals surface area contributed by atoms with Crippen LogP contribution in [0.4, 0.5) is 5.82 Å². The lowest BCUT2D eigenvalue weighted by Gasteiger charge is -1.99. The second-order valence-electron chi connectivity index (χ2n) is 3.12. The molecule has 0 saturated heterocycles. The van der Waals surface area contributed by atoms with Gasteiger partial charge in [-0.2, -0.15) is 13.5 Å². The lowest BCUT2D eigenvalue weighted by Crippen LogP contribution is -2.06.